The molecule has 4 aromatic rings. The normalized spacial score (nSPS) is 11.3. The van der Waals surface area contributed by atoms with Crippen molar-refractivity contribution in [1.29, 1.82) is 0 Å². The van der Waals surface area contributed by atoms with Crippen LogP contribution in [0.2, 0.25) is 5.02 Å². The first kappa shape index (κ1) is 27.3. The molecule has 0 unspecified atom stereocenters. The van der Waals surface area contributed by atoms with Gasteiger partial charge in [0.25, 0.3) is 0 Å². The Balaban J connectivity index is 1.52. The van der Waals surface area contributed by atoms with Crippen LogP contribution in [0.5, 0.6) is 5.75 Å². The lowest BCUT2D eigenvalue weighted by molar-refractivity contribution is -0.137. The van der Waals surface area contributed by atoms with Gasteiger partial charge in [0.1, 0.15) is 5.75 Å². The molecule has 0 aliphatic carbocycles. The van der Waals surface area contributed by atoms with E-state index in [1.54, 1.807) is 19.2 Å². The van der Waals surface area contributed by atoms with Crippen molar-refractivity contribution in [2.45, 2.75) is 30.6 Å². The van der Waals surface area contributed by atoms with Crippen LogP contribution in [0.15, 0.2) is 71.9 Å². The van der Waals surface area contributed by atoms with E-state index in [0.717, 1.165) is 34.7 Å². The summed E-state index contributed by atoms with van der Waals surface area (Å²) in [6, 6.07) is 16.7. The standard InChI is InChI=1S/C26H23ClF3N5O2S/c1-16-6-9-19(27)13-22(16)35-23(33-34-25(35)38-15-17-4-3-5-21(12-17)37-2)14-31-24(36)32-20-10-7-18(8-11-20)26(28,29)30/h3-13H,14-15H2,1-2H3,(H2,31,32,36). The van der Waals surface area contributed by atoms with Crippen molar-refractivity contribution < 1.29 is 22.7 Å². The van der Waals surface area contributed by atoms with Gasteiger partial charge < -0.3 is 15.4 Å². The second kappa shape index (κ2) is 11.8. The van der Waals surface area contributed by atoms with Crippen LogP contribution in [0.3, 0.4) is 0 Å². The number of alkyl halides is 3. The number of halogens is 4. The molecule has 2 amide bonds. The molecule has 3 aromatic carbocycles. The molecular weight excluding hydrogens is 539 g/mol. The van der Waals surface area contributed by atoms with Crippen LogP contribution in [0.4, 0.5) is 23.7 Å². The Kier molecular flexibility index (Phi) is 8.48. The number of rotatable bonds is 8. The highest BCUT2D eigenvalue weighted by molar-refractivity contribution is 7.98. The van der Waals surface area contributed by atoms with E-state index in [0.29, 0.717) is 21.8 Å². The van der Waals surface area contributed by atoms with E-state index < -0.39 is 17.8 Å². The maximum absolute atomic E-state index is 12.8. The molecule has 0 spiro atoms. The number of thioether (sulfide) groups is 1. The van der Waals surface area contributed by atoms with Crippen molar-refractivity contribution in [2.75, 3.05) is 12.4 Å². The predicted molar refractivity (Wildman–Crippen MR) is 141 cm³/mol. The highest BCUT2D eigenvalue weighted by Gasteiger charge is 2.30. The van der Waals surface area contributed by atoms with Gasteiger partial charge in [0.05, 0.1) is 24.9 Å². The summed E-state index contributed by atoms with van der Waals surface area (Å²) in [4.78, 5) is 12.5. The van der Waals surface area contributed by atoms with Gasteiger partial charge in [0, 0.05) is 16.5 Å². The van der Waals surface area contributed by atoms with Crippen molar-refractivity contribution in [1.82, 2.24) is 20.1 Å². The number of methoxy groups -OCH3 is 1. The molecule has 0 aliphatic rings. The molecule has 1 heterocycles. The summed E-state index contributed by atoms with van der Waals surface area (Å²) in [5, 5.41) is 15.0. The van der Waals surface area contributed by atoms with Gasteiger partial charge in [-0.1, -0.05) is 41.6 Å². The van der Waals surface area contributed by atoms with Gasteiger partial charge in [0.15, 0.2) is 11.0 Å². The summed E-state index contributed by atoms with van der Waals surface area (Å²) < 4.78 is 45.5. The lowest BCUT2D eigenvalue weighted by atomic mass is 10.2. The average molecular weight is 562 g/mol. The van der Waals surface area contributed by atoms with Crippen molar-refractivity contribution in [2.24, 2.45) is 0 Å². The molecule has 7 nitrogen and oxygen atoms in total. The fourth-order valence-electron chi connectivity index (χ4n) is 3.56. The van der Waals surface area contributed by atoms with Crippen LogP contribution in [0, 0.1) is 6.92 Å². The summed E-state index contributed by atoms with van der Waals surface area (Å²) in [7, 11) is 1.61. The van der Waals surface area contributed by atoms with Gasteiger partial charge in [0.2, 0.25) is 0 Å². The molecule has 0 radical (unpaired) electrons. The summed E-state index contributed by atoms with van der Waals surface area (Å²) >= 11 is 7.74. The van der Waals surface area contributed by atoms with E-state index in [9.17, 15) is 18.0 Å². The SMILES string of the molecule is COc1cccc(CSc2nnc(CNC(=O)Nc3ccc(C(F)(F)F)cc3)n2-c2cc(Cl)ccc2C)c1. The van der Waals surface area contributed by atoms with Crippen LogP contribution in [-0.2, 0) is 18.5 Å². The largest absolute Gasteiger partial charge is 0.497 e. The van der Waals surface area contributed by atoms with Gasteiger partial charge in [-0.05, 0) is 66.6 Å². The highest BCUT2D eigenvalue weighted by Crippen LogP contribution is 2.31. The molecule has 38 heavy (non-hydrogen) atoms. The number of carbonyl (C=O) groups is 1. The number of nitrogens with one attached hydrogen (secondary N) is 2. The molecule has 1 aromatic heterocycles. The van der Waals surface area contributed by atoms with Crippen LogP contribution >= 0.6 is 23.4 Å². The molecule has 0 saturated heterocycles. The number of hydrogen-bond donors (Lipinski definition) is 2. The summed E-state index contributed by atoms with van der Waals surface area (Å²) in [5.74, 6) is 1.79. The lowest BCUT2D eigenvalue weighted by Gasteiger charge is -2.14. The van der Waals surface area contributed by atoms with Crippen molar-refractivity contribution >= 4 is 35.1 Å². The molecule has 4 rings (SSSR count). The maximum atomic E-state index is 12.8. The van der Waals surface area contributed by atoms with Crippen molar-refractivity contribution in [3.05, 3.63) is 94.3 Å². The first-order chi connectivity index (χ1) is 18.1. The molecule has 198 valence electrons. The molecular formula is C26H23ClF3N5O2S. The quantitative estimate of drug-likeness (QED) is 0.229. The second-order valence-corrected chi connectivity index (χ2v) is 9.57. The molecule has 0 atom stereocenters. The van der Waals surface area contributed by atoms with E-state index in [1.165, 1.54) is 23.9 Å². The highest BCUT2D eigenvalue weighted by atomic mass is 35.5. The molecule has 0 saturated carbocycles. The zero-order chi connectivity index (χ0) is 27.3. The van der Waals surface area contributed by atoms with Gasteiger partial charge >= 0.3 is 12.2 Å². The third-order valence-electron chi connectivity index (χ3n) is 5.49. The monoisotopic (exact) mass is 561 g/mol. The number of carbonyl (C=O) groups excluding carboxylic acids is 1. The Morgan fingerprint density at radius 2 is 1.84 bits per heavy atom. The Labute approximate surface area is 226 Å². The lowest BCUT2D eigenvalue weighted by Crippen LogP contribution is -2.29. The van der Waals surface area contributed by atoms with Crippen molar-refractivity contribution in [3.8, 4) is 11.4 Å². The fourth-order valence-corrected chi connectivity index (χ4v) is 4.63. The van der Waals surface area contributed by atoms with Gasteiger partial charge in [-0.3, -0.25) is 4.57 Å². The number of nitrogens with zero attached hydrogens (tertiary/aromatic N) is 3. The summed E-state index contributed by atoms with van der Waals surface area (Å²) in [6.45, 7) is 1.93. The molecule has 2 N–H and O–H groups in total. The smallest absolute Gasteiger partial charge is 0.416 e. The number of urea groups is 1. The van der Waals surface area contributed by atoms with E-state index >= 15 is 0 Å². The molecule has 0 fully saturated rings. The Hall–Kier alpha value is -3.70. The number of aryl methyl sites for hydroxylation is 1. The second-order valence-electron chi connectivity index (χ2n) is 8.19. The van der Waals surface area contributed by atoms with E-state index in [4.69, 9.17) is 16.3 Å². The Morgan fingerprint density at radius 3 is 2.55 bits per heavy atom. The van der Waals surface area contributed by atoms with Crippen molar-refractivity contribution in [3.63, 3.8) is 0 Å². The van der Waals surface area contributed by atoms with E-state index in [2.05, 4.69) is 20.8 Å². The first-order valence-corrected chi connectivity index (χ1v) is 12.7. The number of anilines is 1. The van der Waals surface area contributed by atoms with Crippen LogP contribution in [-0.4, -0.2) is 27.9 Å². The molecule has 0 bridgehead atoms. The minimum atomic E-state index is -4.45. The molecule has 0 aliphatic heterocycles. The van der Waals surface area contributed by atoms with E-state index in [1.807, 2.05) is 41.8 Å². The molecule has 12 heteroatoms. The average Bonchev–Trinajstić information content (AvgIpc) is 3.30. The number of aromatic nitrogens is 3. The topological polar surface area (TPSA) is 81.1 Å². The zero-order valence-electron chi connectivity index (χ0n) is 20.3. The maximum Gasteiger partial charge on any atom is 0.416 e. The number of ether oxygens (including phenoxy) is 1. The van der Waals surface area contributed by atoms with Crippen LogP contribution in [0.25, 0.3) is 5.69 Å². The third kappa shape index (κ3) is 6.78. The van der Waals surface area contributed by atoms with E-state index in [-0.39, 0.29) is 12.2 Å². The van der Waals surface area contributed by atoms with Crippen LogP contribution < -0.4 is 15.4 Å². The van der Waals surface area contributed by atoms with Crippen LogP contribution in [0.1, 0.15) is 22.5 Å². The summed E-state index contributed by atoms with van der Waals surface area (Å²) in [5.41, 5.74) is 2.13. The summed E-state index contributed by atoms with van der Waals surface area (Å²) in [6.07, 6.45) is -4.45. The van der Waals surface area contributed by atoms with Gasteiger partial charge in [-0.2, -0.15) is 13.2 Å². The Bertz CT molecular complexity index is 1430. The Morgan fingerprint density at radius 1 is 1.08 bits per heavy atom. The minimum absolute atomic E-state index is 0.00510. The number of amides is 2. The fraction of sp³-hybridized carbons (Fsp3) is 0.192. The predicted octanol–water partition coefficient (Wildman–Crippen LogP) is 6.87. The zero-order valence-corrected chi connectivity index (χ0v) is 21.9. The third-order valence-corrected chi connectivity index (χ3v) is 6.73. The van der Waals surface area contributed by atoms with Gasteiger partial charge in [-0.15, -0.1) is 10.2 Å². The minimum Gasteiger partial charge on any atom is -0.497 e. The number of hydrogen-bond acceptors (Lipinski definition) is 5. The first-order valence-electron chi connectivity index (χ1n) is 11.3. The number of benzene rings is 3. The van der Waals surface area contributed by atoms with Gasteiger partial charge in [-0.25, -0.2) is 4.79 Å².